The van der Waals surface area contributed by atoms with Crippen molar-refractivity contribution in [3.05, 3.63) is 24.3 Å². The van der Waals surface area contributed by atoms with Crippen LogP contribution in [0.15, 0.2) is 18.5 Å². The fraction of sp³-hybridized carbons (Fsp3) is 0.417. The predicted octanol–water partition coefficient (Wildman–Crippen LogP) is 2.12. The van der Waals surface area contributed by atoms with Crippen molar-refractivity contribution in [2.24, 2.45) is 0 Å². The molecule has 0 amide bonds. The third-order valence-corrected chi connectivity index (χ3v) is 6.44. The number of aryl methyl sites for hydroxylation is 1. The highest BCUT2D eigenvalue weighted by molar-refractivity contribution is 7.71. The summed E-state index contributed by atoms with van der Waals surface area (Å²) in [6, 6.07) is 1.90. The molecule has 3 rings (SSSR count). The molecule has 17 heavy (non-hydrogen) atoms. The van der Waals surface area contributed by atoms with Crippen LogP contribution in [0.5, 0.6) is 0 Å². The van der Waals surface area contributed by atoms with E-state index in [1.54, 1.807) is 12.4 Å². The van der Waals surface area contributed by atoms with Crippen LogP contribution in [-0.4, -0.2) is 27.3 Å². The number of nitrogens with zero attached hydrogens (tertiary/aromatic N) is 3. The summed E-state index contributed by atoms with van der Waals surface area (Å²) in [5, 5.41) is 0.933. The minimum absolute atomic E-state index is 0.736. The van der Waals surface area contributed by atoms with Gasteiger partial charge in [-0.05, 0) is 25.8 Å². The average Bonchev–Trinajstić information content (AvgIpc) is 2.77. The highest BCUT2D eigenvalue weighted by Gasteiger charge is 2.30. The Morgan fingerprint density at radius 2 is 1.94 bits per heavy atom. The molecule has 5 heteroatoms. The molecule has 0 aliphatic carbocycles. The molecule has 1 aliphatic heterocycles. The molecule has 88 valence electrons. The summed E-state index contributed by atoms with van der Waals surface area (Å²) in [6.07, 6.45) is 7.22. The van der Waals surface area contributed by atoms with Gasteiger partial charge in [0.25, 0.3) is 0 Å². The Bertz CT molecular complexity index is 616. The molecule has 0 atom stereocenters. The first-order chi connectivity index (χ1) is 8.17. The maximum atomic E-state index is 12.6. The number of hydrogen-bond donors (Lipinski definition) is 0. The lowest BCUT2D eigenvalue weighted by molar-refractivity contribution is 0.584. The summed E-state index contributed by atoms with van der Waals surface area (Å²) in [7, 11) is -2.21. The molecule has 0 saturated carbocycles. The fourth-order valence-electron chi connectivity index (χ4n) is 2.31. The van der Waals surface area contributed by atoms with Crippen molar-refractivity contribution in [2.45, 2.75) is 19.8 Å². The van der Waals surface area contributed by atoms with Gasteiger partial charge < -0.3 is 4.57 Å². The number of rotatable bonds is 1. The molecule has 0 N–H and O–H groups in total. The van der Waals surface area contributed by atoms with Crippen LogP contribution >= 0.6 is 7.14 Å². The molecule has 2 aromatic rings. The summed E-state index contributed by atoms with van der Waals surface area (Å²) in [6.45, 7) is 1.85. The van der Waals surface area contributed by atoms with Gasteiger partial charge in [0, 0.05) is 23.9 Å². The second kappa shape index (κ2) is 3.88. The number of fused-ring (bicyclic) bond motifs is 1. The first-order valence-corrected chi connectivity index (χ1v) is 7.93. The van der Waals surface area contributed by atoms with E-state index in [0.29, 0.717) is 0 Å². The Labute approximate surface area is 99.9 Å². The van der Waals surface area contributed by atoms with Gasteiger partial charge in [0.1, 0.15) is 18.4 Å². The summed E-state index contributed by atoms with van der Waals surface area (Å²) in [5.41, 5.74) is 1.59. The normalized spacial score (nSPS) is 18.6. The maximum absolute atomic E-state index is 12.6. The number of aromatic nitrogens is 3. The molecule has 0 spiro atoms. The van der Waals surface area contributed by atoms with E-state index in [0.717, 1.165) is 47.3 Å². The number of pyridine rings is 1. The van der Waals surface area contributed by atoms with Crippen molar-refractivity contribution in [1.29, 1.82) is 0 Å². The third kappa shape index (κ3) is 1.87. The summed E-state index contributed by atoms with van der Waals surface area (Å²) in [4.78, 5) is 12.8. The van der Waals surface area contributed by atoms with Crippen LogP contribution < -0.4 is 5.44 Å². The first kappa shape index (κ1) is 10.8. The van der Waals surface area contributed by atoms with Crippen LogP contribution in [-0.2, 0) is 4.57 Å². The summed E-state index contributed by atoms with van der Waals surface area (Å²) < 4.78 is 12.6. The van der Waals surface area contributed by atoms with Gasteiger partial charge in [0.2, 0.25) is 0 Å². The van der Waals surface area contributed by atoms with Crippen LogP contribution in [0.1, 0.15) is 18.7 Å². The van der Waals surface area contributed by atoms with Crippen molar-refractivity contribution in [1.82, 2.24) is 15.0 Å². The average molecular weight is 247 g/mol. The Balaban J connectivity index is 2.13. The summed E-state index contributed by atoms with van der Waals surface area (Å²) in [5.74, 6) is 0.736. The molecule has 0 aromatic carbocycles. The third-order valence-electron chi connectivity index (χ3n) is 3.28. The van der Waals surface area contributed by atoms with Crippen LogP contribution in [0.3, 0.4) is 0 Å². The van der Waals surface area contributed by atoms with E-state index in [1.165, 1.54) is 0 Å². The van der Waals surface area contributed by atoms with Gasteiger partial charge in [-0.2, -0.15) is 0 Å². The Kier molecular flexibility index (Phi) is 2.48. The first-order valence-electron chi connectivity index (χ1n) is 5.85. The molecule has 1 fully saturated rings. The van der Waals surface area contributed by atoms with Crippen molar-refractivity contribution < 1.29 is 4.57 Å². The van der Waals surface area contributed by atoms with Crippen molar-refractivity contribution >= 4 is 23.5 Å². The number of hydrogen-bond acceptors (Lipinski definition) is 4. The highest BCUT2D eigenvalue weighted by atomic mass is 31.2. The molecule has 0 unspecified atom stereocenters. The molecule has 1 saturated heterocycles. The van der Waals surface area contributed by atoms with E-state index < -0.39 is 7.14 Å². The van der Waals surface area contributed by atoms with Gasteiger partial charge in [0.05, 0.1) is 11.7 Å². The quantitative estimate of drug-likeness (QED) is 0.724. The minimum Gasteiger partial charge on any atom is -0.317 e. The van der Waals surface area contributed by atoms with Crippen LogP contribution in [0, 0.1) is 6.92 Å². The molecule has 1 aliphatic rings. The molecule has 3 heterocycles. The fourth-order valence-corrected chi connectivity index (χ4v) is 5.11. The molecular formula is C12H14N3OP. The lowest BCUT2D eigenvalue weighted by Crippen LogP contribution is -2.11. The second-order valence-electron chi connectivity index (χ2n) is 4.56. The summed E-state index contributed by atoms with van der Waals surface area (Å²) >= 11 is 0. The van der Waals surface area contributed by atoms with E-state index in [2.05, 4.69) is 15.0 Å². The Morgan fingerprint density at radius 3 is 2.71 bits per heavy atom. The SMILES string of the molecule is Cc1ncc2cc(P3(=O)CCCC3)ncc2n1. The maximum Gasteiger partial charge on any atom is 0.133 e. The highest BCUT2D eigenvalue weighted by Crippen LogP contribution is 2.50. The lowest BCUT2D eigenvalue weighted by atomic mass is 10.3. The van der Waals surface area contributed by atoms with Gasteiger partial charge in [-0.15, -0.1) is 0 Å². The van der Waals surface area contributed by atoms with E-state index in [-0.39, 0.29) is 0 Å². The molecule has 0 bridgehead atoms. The Morgan fingerprint density at radius 1 is 1.18 bits per heavy atom. The van der Waals surface area contributed by atoms with Crippen molar-refractivity contribution in [3.8, 4) is 0 Å². The van der Waals surface area contributed by atoms with Crippen LogP contribution in [0.25, 0.3) is 10.9 Å². The van der Waals surface area contributed by atoms with E-state index in [9.17, 15) is 4.57 Å². The molecule has 2 aromatic heterocycles. The van der Waals surface area contributed by atoms with E-state index in [1.807, 2.05) is 13.0 Å². The van der Waals surface area contributed by atoms with Crippen LogP contribution in [0.2, 0.25) is 0 Å². The van der Waals surface area contributed by atoms with E-state index >= 15 is 0 Å². The smallest absolute Gasteiger partial charge is 0.133 e. The standard InChI is InChI=1S/C12H14N3OP/c1-9-13-7-10-6-12(14-8-11(10)15-9)17(16)4-2-3-5-17/h6-8H,2-5H2,1H3. The largest absolute Gasteiger partial charge is 0.317 e. The van der Waals surface area contributed by atoms with Gasteiger partial charge >= 0.3 is 0 Å². The topological polar surface area (TPSA) is 55.7 Å². The second-order valence-corrected chi connectivity index (χ2v) is 7.69. The Hall–Kier alpha value is -1.28. The predicted molar refractivity (Wildman–Crippen MR) is 68.3 cm³/mol. The van der Waals surface area contributed by atoms with Crippen LogP contribution in [0.4, 0.5) is 0 Å². The molecule has 0 radical (unpaired) electrons. The van der Waals surface area contributed by atoms with Crippen molar-refractivity contribution in [3.63, 3.8) is 0 Å². The minimum atomic E-state index is -2.21. The zero-order chi connectivity index (χ0) is 11.9. The van der Waals surface area contributed by atoms with E-state index in [4.69, 9.17) is 0 Å². The molecule has 4 nitrogen and oxygen atoms in total. The zero-order valence-corrected chi connectivity index (χ0v) is 10.7. The zero-order valence-electron chi connectivity index (χ0n) is 9.76. The van der Waals surface area contributed by atoms with Gasteiger partial charge in [0.15, 0.2) is 0 Å². The van der Waals surface area contributed by atoms with Gasteiger partial charge in [-0.3, -0.25) is 4.98 Å². The van der Waals surface area contributed by atoms with Gasteiger partial charge in [-0.25, -0.2) is 9.97 Å². The molecular weight excluding hydrogens is 233 g/mol. The van der Waals surface area contributed by atoms with Crippen molar-refractivity contribution in [2.75, 3.05) is 12.3 Å². The monoisotopic (exact) mass is 247 g/mol. The van der Waals surface area contributed by atoms with Gasteiger partial charge in [-0.1, -0.05) is 0 Å². The lowest BCUT2D eigenvalue weighted by Gasteiger charge is -2.10.